The number of ether oxygens (including phenoxy) is 1. The second-order valence-electron chi connectivity index (χ2n) is 6.15. The molecule has 3 rings (SSSR count). The summed E-state index contributed by atoms with van der Waals surface area (Å²) in [5.41, 5.74) is -1.06. The van der Waals surface area contributed by atoms with E-state index in [0.717, 1.165) is 0 Å². The molecule has 0 unspecified atom stereocenters. The molecular formula is C11H18N2O4. The topological polar surface area (TPSA) is 87.7 Å². The summed E-state index contributed by atoms with van der Waals surface area (Å²) in [4.78, 5) is 22.1. The maximum Gasteiger partial charge on any atom is 0.408 e. The van der Waals surface area contributed by atoms with Crippen molar-refractivity contribution in [2.24, 2.45) is 0 Å². The van der Waals surface area contributed by atoms with Gasteiger partial charge in [0.1, 0.15) is 5.60 Å². The summed E-state index contributed by atoms with van der Waals surface area (Å²) in [5.74, 6) is 0. The van der Waals surface area contributed by atoms with E-state index < -0.39 is 17.8 Å². The third-order valence-electron chi connectivity index (χ3n) is 3.17. The third kappa shape index (κ3) is 2.30. The molecule has 3 aliphatic rings. The van der Waals surface area contributed by atoms with Gasteiger partial charge in [-0.05, 0) is 40.0 Å². The van der Waals surface area contributed by atoms with Crippen molar-refractivity contribution >= 4 is 12.2 Å². The first-order valence-electron chi connectivity index (χ1n) is 5.66. The highest BCUT2D eigenvalue weighted by Crippen LogP contribution is 2.60. The van der Waals surface area contributed by atoms with Crippen molar-refractivity contribution in [3.63, 3.8) is 0 Å². The van der Waals surface area contributed by atoms with Crippen LogP contribution in [0.5, 0.6) is 0 Å². The summed E-state index contributed by atoms with van der Waals surface area (Å²) in [6.07, 6.45) is 0.541. The second kappa shape index (κ2) is 3.27. The molecular weight excluding hydrogens is 224 g/mol. The van der Waals surface area contributed by atoms with Crippen LogP contribution in [0.3, 0.4) is 0 Å². The minimum absolute atomic E-state index is 0.245. The molecule has 3 saturated carbocycles. The van der Waals surface area contributed by atoms with E-state index in [2.05, 4.69) is 10.6 Å². The van der Waals surface area contributed by atoms with Gasteiger partial charge in [0.05, 0.1) is 11.1 Å². The van der Waals surface area contributed by atoms with Gasteiger partial charge in [-0.15, -0.1) is 0 Å². The lowest BCUT2D eigenvalue weighted by Gasteiger charge is -2.69. The lowest BCUT2D eigenvalue weighted by atomic mass is 9.44. The Balaban J connectivity index is 1.78. The Bertz CT molecular complexity index is 352. The quantitative estimate of drug-likeness (QED) is 0.684. The molecule has 3 fully saturated rings. The van der Waals surface area contributed by atoms with Crippen LogP contribution < -0.4 is 10.6 Å². The van der Waals surface area contributed by atoms with Gasteiger partial charge in [0.2, 0.25) is 0 Å². The molecule has 0 aromatic rings. The zero-order valence-corrected chi connectivity index (χ0v) is 10.3. The van der Waals surface area contributed by atoms with Crippen molar-refractivity contribution in [1.82, 2.24) is 10.6 Å². The highest BCUT2D eigenvalue weighted by atomic mass is 16.6. The third-order valence-corrected chi connectivity index (χ3v) is 3.17. The Hall–Kier alpha value is -1.46. The molecule has 0 aromatic carbocycles. The van der Waals surface area contributed by atoms with Gasteiger partial charge in [0.25, 0.3) is 0 Å². The van der Waals surface area contributed by atoms with Crippen LogP contribution in [0.15, 0.2) is 0 Å². The van der Waals surface area contributed by atoms with E-state index in [-0.39, 0.29) is 11.1 Å². The predicted molar refractivity (Wildman–Crippen MR) is 59.8 cm³/mol. The molecule has 96 valence electrons. The molecule has 17 heavy (non-hydrogen) atoms. The van der Waals surface area contributed by atoms with Crippen molar-refractivity contribution in [1.29, 1.82) is 0 Å². The van der Waals surface area contributed by atoms with Gasteiger partial charge < -0.3 is 20.5 Å². The Morgan fingerprint density at radius 1 is 1.12 bits per heavy atom. The zero-order valence-electron chi connectivity index (χ0n) is 10.3. The minimum Gasteiger partial charge on any atom is -0.465 e. The number of carbonyl (C=O) groups excluding carboxylic acids is 1. The van der Waals surface area contributed by atoms with Crippen LogP contribution in [0.2, 0.25) is 0 Å². The van der Waals surface area contributed by atoms with Crippen molar-refractivity contribution in [2.75, 3.05) is 0 Å². The number of amides is 2. The van der Waals surface area contributed by atoms with Crippen LogP contribution in [-0.4, -0.2) is 34.0 Å². The molecule has 0 aromatic heterocycles. The lowest BCUT2D eigenvalue weighted by molar-refractivity contribution is -0.0981. The average molecular weight is 242 g/mol. The summed E-state index contributed by atoms with van der Waals surface area (Å²) in [7, 11) is 0. The monoisotopic (exact) mass is 242 g/mol. The van der Waals surface area contributed by atoms with Gasteiger partial charge in [0.15, 0.2) is 0 Å². The lowest BCUT2D eigenvalue weighted by Crippen LogP contribution is -2.83. The number of alkyl carbamates (subject to hydrolysis) is 1. The molecule has 0 atom stereocenters. The van der Waals surface area contributed by atoms with Crippen LogP contribution in [-0.2, 0) is 4.74 Å². The van der Waals surface area contributed by atoms with E-state index in [4.69, 9.17) is 9.84 Å². The van der Waals surface area contributed by atoms with E-state index >= 15 is 0 Å². The van der Waals surface area contributed by atoms with Gasteiger partial charge in [-0.1, -0.05) is 0 Å². The van der Waals surface area contributed by atoms with E-state index in [0.29, 0.717) is 19.3 Å². The highest BCUT2D eigenvalue weighted by molar-refractivity contribution is 5.72. The standard InChI is InChI=1S/C11H18N2O4/c1-9(2,3)17-8(16)13-11-4-10(5-11,6-11)12-7(14)15/h12H,4-6H2,1-3H3,(H,13,16)(H,14,15). The fraction of sp³-hybridized carbons (Fsp3) is 0.818. The Labute approximate surface area is 99.7 Å². The largest absolute Gasteiger partial charge is 0.465 e. The first-order chi connectivity index (χ1) is 7.64. The summed E-state index contributed by atoms with van der Waals surface area (Å²) >= 11 is 0. The number of rotatable bonds is 2. The van der Waals surface area contributed by atoms with Crippen molar-refractivity contribution in [3.05, 3.63) is 0 Å². The fourth-order valence-corrected chi connectivity index (χ4v) is 2.80. The molecule has 0 heterocycles. The molecule has 3 aliphatic carbocycles. The van der Waals surface area contributed by atoms with E-state index in [1.54, 1.807) is 0 Å². The van der Waals surface area contributed by atoms with Gasteiger partial charge in [-0.25, -0.2) is 9.59 Å². The van der Waals surface area contributed by atoms with Crippen LogP contribution in [0.25, 0.3) is 0 Å². The molecule has 2 bridgehead atoms. The number of carboxylic acid groups (broad SMARTS) is 1. The normalized spacial score (nSPS) is 34.1. The molecule has 0 saturated heterocycles. The second-order valence-corrected chi connectivity index (χ2v) is 6.15. The van der Waals surface area contributed by atoms with Gasteiger partial charge >= 0.3 is 12.2 Å². The van der Waals surface area contributed by atoms with Crippen molar-refractivity contribution < 1.29 is 19.4 Å². The van der Waals surface area contributed by atoms with Crippen molar-refractivity contribution in [2.45, 2.75) is 56.7 Å². The maximum atomic E-state index is 11.5. The molecule has 6 nitrogen and oxygen atoms in total. The maximum absolute atomic E-state index is 11.5. The van der Waals surface area contributed by atoms with Gasteiger partial charge in [0, 0.05) is 0 Å². The number of hydrogen-bond acceptors (Lipinski definition) is 3. The summed E-state index contributed by atoms with van der Waals surface area (Å²) in [6, 6.07) is 0. The smallest absolute Gasteiger partial charge is 0.408 e. The summed E-state index contributed by atoms with van der Waals surface area (Å²) in [6.45, 7) is 5.42. The van der Waals surface area contributed by atoms with Gasteiger partial charge in [-0.3, -0.25) is 0 Å². The fourth-order valence-electron chi connectivity index (χ4n) is 2.80. The Kier molecular flexibility index (Phi) is 2.31. The Morgan fingerprint density at radius 3 is 2.00 bits per heavy atom. The molecule has 2 amide bonds. The predicted octanol–water partition coefficient (Wildman–Crippen LogP) is 1.45. The number of carbonyl (C=O) groups is 2. The van der Waals surface area contributed by atoms with Crippen LogP contribution in [0, 0.1) is 0 Å². The molecule has 0 spiro atoms. The van der Waals surface area contributed by atoms with E-state index in [9.17, 15) is 9.59 Å². The van der Waals surface area contributed by atoms with Crippen LogP contribution >= 0.6 is 0 Å². The number of hydrogen-bond donors (Lipinski definition) is 3. The van der Waals surface area contributed by atoms with E-state index in [1.807, 2.05) is 20.8 Å². The summed E-state index contributed by atoms with van der Waals surface area (Å²) < 4.78 is 5.16. The molecule has 6 heteroatoms. The van der Waals surface area contributed by atoms with Crippen LogP contribution in [0.1, 0.15) is 40.0 Å². The van der Waals surface area contributed by atoms with E-state index in [1.165, 1.54) is 0 Å². The molecule has 3 N–H and O–H groups in total. The number of nitrogens with one attached hydrogen (secondary N) is 2. The van der Waals surface area contributed by atoms with Crippen molar-refractivity contribution in [3.8, 4) is 0 Å². The minimum atomic E-state index is -1.00. The molecule has 0 radical (unpaired) electrons. The average Bonchev–Trinajstić information content (AvgIpc) is 1.92. The highest BCUT2D eigenvalue weighted by Gasteiger charge is 2.69. The van der Waals surface area contributed by atoms with Gasteiger partial charge in [-0.2, -0.15) is 0 Å². The Morgan fingerprint density at radius 2 is 1.59 bits per heavy atom. The first kappa shape index (κ1) is 12.0. The summed E-state index contributed by atoms with van der Waals surface area (Å²) in [5, 5.41) is 13.9. The van der Waals surface area contributed by atoms with Crippen LogP contribution in [0.4, 0.5) is 9.59 Å². The SMILES string of the molecule is CC(C)(C)OC(=O)NC12CC(NC(=O)O)(C1)C2. The molecule has 0 aliphatic heterocycles. The first-order valence-corrected chi connectivity index (χ1v) is 5.66. The zero-order chi connectivity index (χ0) is 12.9.